The molecule has 1 fully saturated rings. The fourth-order valence-electron chi connectivity index (χ4n) is 4.40. The van der Waals surface area contributed by atoms with Gasteiger partial charge in [-0.25, -0.2) is 9.97 Å². The van der Waals surface area contributed by atoms with Crippen LogP contribution in [0.1, 0.15) is 24.8 Å². The molecule has 0 atom stereocenters. The first-order valence-electron chi connectivity index (χ1n) is 11.1. The Kier molecular flexibility index (Phi) is 5.85. The van der Waals surface area contributed by atoms with E-state index in [-0.39, 0.29) is 0 Å². The van der Waals surface area contributed by atoms with Crippen molar-refractivity contribution in [1.82, 2.24) is 24.6 Å². The average molecular weight is 445 g/mol. The number of aromatic nitrogens is 4. The molecule has 32 heavy (non-hydrogen) atoms. The molecule has 8 heteroatoms. The predicted octanol–water partition coefficient (Wildman–Crippen LogP) is 3.67. The lowest BCUT2D eigenvalue weighted by Gasteiger charge is -2.26. The van der Waals surface area contributed by atoms with Gasteiger partial charge in [0.05, 0.1) is 16.7 Å². The molecule has 0 saturated carbocycles. The molecule has 0 radical (unpaired) electrons. The molecule has 1 N–H and O–H groups in total. The van der Waals surface area contributed by atoms with Crippen LogP contribution < -0.4 is 10.8 Å². The first-order valence-corrected chi connectivity index (χ1v) is 11.5. The van der Waals surface area contributed by atoms with Crippen LogP contribution in [0.25, 0.3) is 22.0 Å². The zero-order chi connectivity index (χ0) is 22.1. The minimum atomic E-state index is 0.538. The number of anilines is 2. The van der Waals surface area contributed by atoms with Crippen LogP contribution in [0.3, 0.4) is 0 Å². The minimum absolute atomic E-state index is 0.538. The molecule has 6 nitrogen and oxygen atoms in total. The van der Waals surface area contributed by atoms with Crippen molar-refractivity contribution >= 4 is 47.4 Å². The molecule has 3 heterocycles. The summed E-state index contributed by atoms with van der Waals surface area (Å²) in [6, 6.07) is 10.6. The predicted molar refractivity (Wildman–Crippen MR) is 134 cm³/mol. The molecule has 0 spiro atoms. The van der Waals surface area contributed by atoms with Gasteiger partial charge in [-0.15, -0.1) is 0 Å². The monoisotopic (exact) mass is 444 g/mol. The van der Waals surface area contributed by atoms with E-state index in [1.807, 2.05) is 50.3 Å². The minimum Gasteiger partial charge on any atom is -0.324 e. The smallest absolute Gasteiger partial charge is 0.227 e. The van der Waals surface area contributed by atoms with E-state index in [4.69, 9.17) is 11.6 Å². The van der Waals surface area contributed by atoms with Gasteiger partial charge in [0.15, 0.2) is 0 Å². The van der Waals surface area contributed by atoms with E-state index >= 15 is 0 Å². The third-order valence-corrected chi connectivity index (χ3v) is 6.21. The van der Waals surface area contributed by atoms with Crippen LogP contribution in [0.4, 0.5) is 11.6 Å². The highest BCUT2D eigenvalue weighted by atomic mass is 35.5. The number of halogens is 1. The number of benzene rings is 2. The molecule has 0 bridgehead atoms. The van der Waals surface area contributed by atoms with Gasteiger partial charge in [0.2, 0.25) is 5.95 Å². The zero-order valence-electron chi connectivity index (χ0n) is 18.5. The van der Waals surface area contributed by atoms with Crippen LogP contribution in [0, 0.1) is 0 Å². The lowest BCUT2D eigenvalue weighted by Crippen LogP contribution is -2.29. The second-order valence-electron chi connectivity index (χ2n) is 8.66. The Bertz CT molecular complexity index is 1260. The van der Waals surface area contributed by atoms with Gasteiger partial charge in [0.25, 0.3) is 0 Å². The maximum absolute atomic E-state index is 6.45. The van der Waals surface area contributed by atoms with E-state index in [0.717, 1.165) is 52.8 Å². The van der Waals surface area contributed by atoms with Gasteiger partial charge in [0, 0.05) is 42.6 Å². The fourth-order valence-corrected chi connectivity index (χ4v) is 4.72. The lowest BCUT2D eigenvalue weighted by molar-refractivity contribution is 0.221. The SMILES string of the molecule is Bc1cc(Cl)c2nc(Nc3cc(CN4CCCCC4)cc(-c4cnn(C)c4)c3)ncc2c1. The van der Waals surface area contributed by atoms with E-state index in [9.17, 15) is 0 Å². The van der Waals surface area contributed by atoms with Crippen molar-refractivity contribution in [3.05, 3.63) is 59.5 Å². The first-order chi connectivity index (χ1) is 15.5. The Labute approximate surface area is 194 Å². The third kappa shape index (κ3) is 4.64. The Balaban J connectivity index is 1.49. The van der Waals surface area contributed by atoms with Crippen molar-refractivity contribution in [1.29, 1.82) is 0 Å². The summed E-state index contributed by atoms with van der Waals surface area (Å²) in [6.07, 6.45) is 9.65. The van der Waals surface area contributed by atoms with Crippen LogP contribution in [0.15, 0.2) is 48.9 Å². The van der Waals surface area contributed by atoms with Crippen LogP contribution in [0.2, 0.25) is 5.02 Å². The summed E-state index contributed by atoms with van der Waals surface area (Å²) in [4.78, 5) is 11.7. The van der Waals surface area contributed by atoms with E-state index in [2.05, 4.69) is 43.5 Å². The van der Waals surface area contributed by atoms with Crippen molar-refractivity contribution in [2.24, 2.45) is 7.05 Å². The Morgan fingerprint density at radius 1 is 1.03 bits per heavy atom. The molecular formula is C24H26BClN6. The van der Waals surface area contributed by atoms with Crippen molar-refractivity contribution in [3.8, 4) is 11.1 Å². The molecule has 0 aliphatic carbocycles. The Hall–Kier alpha value is -2.90. The van der Waals surface area contributed by atoms with Crippen molar-refractivity contribution < 1.29 is 0 Å². The number of piperidine rings is 1. The Morgan fingerprint density at radius 3 is 2.66 bits per heavy atom. The van der Waals surface area contributed by atoms with Gasteiger partial charge in [-0.3, -0.25) is 9.58 Å². The number of hydrogen-bond acceptors (Lipinski definition) is 5. The molecular weight excluding hydrogens is 419 g/mol. The molecule has 2 aromatic carbocycles. The highest BCUT2D eigenvalue weighted by Crippen LogP contribution is 2.28. The fraction of sp³-hybridized carbons (Fsp3) is 0.292. The normalized spacial score (nSPS) is 14.7. The van der Waals surface area contributed by atoms with Crippen molar-refractivity contribution in [3.63, 3.8) is 0 Å². The standard InChI is InChI=1S/C24H26BClN6/c1-31-15-19(13-28-31)17-7-16(14-32-5-3-2-4-6-32)8-21(10-17)29-24-27-12-18-9-20(25)11-22(26)23(18)30-24/h7-13,15H,2-6,14,25H2,1H3,(H,27,29,30). The van der Waals surface area contributed by atoms with E-state index in [0.29, 0.717) is 11.0 Å². The second kappa shape index (κ2) is 8.92. The van der Waals surface area contributed by atoms with Gasteiger partial charge < -0.3 is 5.32 Å². The molecule has 0 amide bonds. The largest absolute Gasteiger partial charge is 0.324 e. The van der Waals surface area contributed by atoms with Gasteiger partial charge in [0.1, 0.15) is 7.85 Å². The quantitative estimate of drug-likeness (QED) is 0.476. The summed E-state index contributed by atoms with van der Waals surface area (Å²) in [7, 11) is 3.96. The molecule has 1 aliphatic heterocycles. The molecule has 1 aliphatic rings. The third-order valence-electron chi connectivity index (χ3n) is 5.92. The summed E-state index contributed by atoms with van der Waals surface area (Å²) in [5.74, 6) is 0.538. The number of nitrogens with zero attached hydrogens (tertiary/aromatic N) is 5. The maximum atomic E-state index is 6.45. The Morgan fingerprint density at radius 2 is 1.88 bits per heavy atom. The van der Waals surface area contributed by atoms with E-state index < -0.39 is 0 Å². The van der Waals surface area contributed by atoms with Gasteiger partial charge in [-0.1, -0.05) is 29.6 Å². The van der Waals surface area contributed by atoms with E-state index in [1.165, 1.54) is 24.8 Å². The van der Waals surface area contributed by atoms with E-state index in [1.54, 1.807) is 0 Å². The topological polar surface area (TPSA) is 58.9 Å². The number of fused-ring (bicyclic) bond motifs is 1. The number of aryl methyl sites for hydroxylation is 1. The van der Waals surface area contributed by atoms with Gasteiger partial charge >= 0.3 is 0 Å². The van der Waals surface area contributed by atoms with Crippen molar-refractivity contribution in [2.75, 3.05) is 18.4 Å². The molecule has 5 rings (SSSR count). The van der Waals surface area contributed by atoms with Crippen molar-refractivity contribution in [2.45, 2.75) is 25.8 Å². The van der Waals surface area contributed by atoms with Crippen LogP contribution in [-0.2, 0) is 13.6 Å². The summed E-state index contributed by atoms with van der Waals surface area (Å²) in [5.41, 5.74) is 6.30. The summed E-state index contributed by atoms with van der Waals surface area (Å²) in [6.45, 7) is 3.25. The number of likely N-dealkylation sites (tertiary alicyclic amines) is 1. The molecule has 162 valence electrons. The highest BCUT2D eigenvalue weighted by molar-refractivity contribution is 6.39. The number of hydrogen-bond donors (Lipinski definition) is 1. The highest BCUT2D eigenvalue weighted by Gasteiger charge is 2.13. The first kappa shape index (κ1) is 21.0. The average Bonchev–Trinajstić information content (AvgIpc) is 3.21. The van der Waals surface area contributed by atoms with Gasteiger partial charge in [-0.2, -0.15) is 5.10 Å². The summed E-state index contributed by atoms with van der Waals surface area (Å²) < 4.78 is 1.83. The number of rotatable bonds is 5. The molecule has 4 aromatic rings. The number of nitrogens with one attached hydrogen (secondary N) is 1. The lowest BCUT2D eigenvalue weighted by atomic mass is 9.95. The second-order valence-corrected chi connectivity index (χ2v) is 9.07. The molecule has 1 saturated heterocycles. The van der Waals surface area contributed by atoms with Crippen LogP contribution in [0.5, 0.6) is 0 Å². The summed E-state index contributed by atoms with van der Waals surface area (Å²) in [5, 5.41) is 9.33. The molecule has 0 unspecified atom stereocenters. The molecule has 2 aromatic heterocycles. The van der Waals surface area contributed by atoms with Crippen LogP contribution in [-0.4, -0.2) is 45.6 Å². The maximum Gasteiger partial charge on any atom is 0.227 e. The summed E-state index contributed by atoms with van der Waals surface area (Å²) >= 11 is 6.45. The van der Waals surface area contributed by atoms with Crippen LogP contribution >= 0.6 is 11.6 Å². The zero-order valence-corrected chi connectivity index (χ0v) is 19.2. The van der Waals surface area contributed by atoms with Gasteiger partial charge in [-0.05, 0) is 61.3 Å².